The zero-order valence-electron chi connectivity index (χ0n) is 5.85. The Balaban J connectivity index is 2.09. The Morgan fingerprint density at radius 2 is 2.10 bits per heavy atom. The highest BCUT2D eigenvalue weighted by Gasteiger charge is 2.42. The van der Waals surface area contributed by atoms with Crippen LogP contribution in [0.1, 0.15) is 32.1 Å². The largest absolute Gasteiger partial charge is 0.273 e. The molecule has 0 aromatic heterocycles. The summed E-state index contributed by atoms with van der Waals surface area (Å²) in [5.74, 6) is 0.0434. The van der Waals surface area contributed by atoms with Gasteiger partial charge in [0.25, 0.3) is 0 Å². The molecular weight excluding hydrogens is 130 g/mol. The van der Waals surface area contributed by atoms with E-state index in [4.69, 9.17) is 4.84 Å². The van der Waals surface area contributed by atoms with Crippen molar-refractivity contribution in [3.8, 4) is 0 Å². The first-order valence-electron chi connectivity index (χ1n) is 3.78. The number of rotatable bonds is 0. The SMILES string of the molecule is O=C1CC2(CCCC2)ON1. The van der Waals surface area contributed by atoms with Gasteiger partial charge < -0.3 is 0 Å². The van der Waals surface area contributed by atoms with Crippen molar-refractivity contribution in [3.05, 3.63) is 0 Å². The van der Waals surface area contributed by atoms with E-state index in [9.17, 15) is 4.79 Å². The Morgan fingerprint density at radius 3 is 2.60 bits per heavy atom. The van der Waals surface area contributed by atoms with Crippen molar-refractivity contribution in [1.82, 2.24) is 5.48 Å². The Morgan fingerprint density at radius 1 is 1.40 bits per heavy atom. The quantitative estimate of drug-likeness (QED) is 0.540. The van der Waals surface area contributed by atoms with Crippen LogP contribution in [0, 0.1) is 0 Å². The lowest BCUT2D eigenvalue weighted by molar-refractivity contribution is -0.126. The molecule has 2 aliphatic rings. The number of carbonyl (C=O) groups excluding carboxylic acids is 1. The van der Waals surface area contributed by atoms with Crippen LogP contribution in [0.2, 0.25) is 0 Å². The zero-order chi connectivity index (χ0) is 7.03. The molecule has 2 fully saturated rings. The maximum atomic E-state index is 10.8. The van der Waals surface area contributed by atoms with Crippen molar-refractivity contribution in [1.29, 1.82) is 0 Å². The van der Waals surface area contributed by atoms with E-state index in [0.29, 0.717) is 6.42 Å². The summed E-state index contributed by atoms with van der Waals surface area (Å²) in [6.45, 7) is 0. The first-order valence-corrected chi connectivity index (χ1v) is 3.78. The summed E-state index contributed by atoms with van der Waals surface area (Å²) in [6, 6.07) is 0. The molecule has 56 valence electrons. The molecule has 3 heteroatoms. The van der Waals surface area contributed by atoms with E-state index in [0.717, 1.165) is 12.8 Å². The molecule has 0 unspecified atom stereocenters. The normalized spacial score (nSPS) is 29.4. The molecule has 1 amide bonds. The lowest BCUT2D eigenvalue weighted by atomic mass is 9.99. The number of hydrogen-bond acceptors (Lipinski definition) is 2. The first kappa shape index (κ1) is 6.16. The van der Waals surface area contributed by atoms with E-state index in [2.05, 4.69) is 5.48 Å². The number of hydrogen-bond donors (Lipinski definition) is 1. The van der Waals surface area contributed by atoms with E-state index in [1.165, 1.54) is 12.8 Å². The summed E-state index contributed by atoms with van der Waals surface area (Å²) in [5.41, 5.74) is 2.31. The lowest BCUT2D eigenvalue weighted by Gasteiger charge is -2.17. The Bertz CT molecular complexity index is 161. The summed E-state index contributed by atoms with van der Waals surface area (Å²) in [4.78, 5) is 16.0. The molecule has 0 bridgehead atoms. The molecule has 1 N–H and O–H groups in total. The molecule has 1 saturated carbocycles. The average molecular weight is 141 g/mol. The van der Waals surface area contributed by atoms with Gasteiger partial charge in [0.1, 0.15) is 5.60 Å². The molecule has 0 atom stereocenters. The van der Waals surface area contributed by atoms with Crippen LogP contribution in [0.15, 0.2) is 0 Å². The fraction of sp³-hybridized carbons (Fsp3) is 0.857. The van der Waals surface area contributed by atoms with Crippen molar-refractivity contribution >= 4 is 5.91 Å². The molecular formula is C7H11NO2. The number of carbonyl (C=O) groups is 1. The van der Waals surface area contributed by atoms with Gasteiger partial charge in [0.15, 0.2) is 0 Å². The van der Waals surface area contributed by atoms with Crippen molar-refractivity contribution in [3.63, 3.8) is 0 Å². The van der Waals surface area contributed by atoms with Crippen LogP contribution in [-0.4, -0.2) is 11.5 Å². The highest BCUT2D eigenvalue weighted by Crippen LogP contribution is 2.37. The van der Waals surface area contributed by atoms with Crippen LogP contribution in [0.4, 0.5) is 0 Å². The predicted octanol–water partition coefficient (Wildman–Crippen LogP) is 0.751. The highest BCUT2D eigenvalue weighted by molar-refractivity contribution is 5.77. The molecule has 2 rings (SSSR count). The summed E-state index contributed by atoms with van der Waals surface area (Å²) < 4.78 is 0. The van der Waals surface area contributed by atoms with E-state index in [1.54, 1.807) is 0 Å². The van der Waals surface area contributed by atoms with Gasteiger partial charge >= 0.3 is 0 Å². The van der Waals surface area contributed by atoms with Gasteiger partial charge in [-0.25, -0.2) is 5.48 Å². The minimum atomic E-state index is -0.100. The summed E-state index contributed by atoms with van der Waals surface area (Å²) in [6.07, 6.45) is 5.08. The fourth-order valence-electron chi connectivity index (χ4n) is 1.83. The predicted molar refractivity (Wildman–Crippen MR) is 35.0 cm³/mol. The van der Waals surface area contributed by atoms with E-state index in [-0.39, 0.29) is 11.5 Å². The molecule has 1 spiro atoms. The smallest absolute Gasteiger partial charge is 0.246 e. The number of amides is 1. The summed E-state index contributed by atoms with van der Waals surface area (Å²) in [5, 5.41) is 0. The van der Waals surface area contributed by atoms with Gasteiger partial charge in [-0.3, -0.25) is 9.63 Å². The number of hydroxylamine groups is 1. The summed E-state index contributed by atoms with van der Waals surface area (Å²) >= 11 is 0. The van der Waals surface area contributed by atoms with Crippen molar-refractivity contribution in [2.75, 3.05) is 0 Å². The second kappa shape index (κ2) is 1.95. The van der Waals surface area contributed by atoms with Crippen LogP contribution < -0.4 is 5.48 Å². The maximum Gasteiger partial charge on any atom is 0.246 e. The van der Waals surface area contributed by atoms with Crippen molar-refractivity contribution < 1.29 is 9.63 Å². The maximum absolute atomic E-state index is 10.8. The van der Waals surface area contributed by atoms with Crippen LogP contribution in [0.3, 0.4) is 0 Å². The van der Waals surface area contributed by atoms with E-state index in [1.807, 2.05) is 0 Å². The van der Waals surface area contributed by atoms with Crippen LogP contribution in [0.25, 0.3) is 0 Å². The zero-order valence-corrected chi connectivity index (χ0v) is 5.85. The molecule has 1 heterocycles. The van der Waals surface area contributed by atoms with Gasteiger partial charge in [-0.1, -0.05) is 12.8 Å². The van der Waals surface area contributed by atoms with Crippen LogP contribution >= 0.6 is 0 Å². The summed E-state index contributed by atoms with van der Waals surface area (Å²) in [7, 11) is 0. The van der Waals surface area contributed by atoms with Gasteiger partial charge in [0.2, 0.25) is 5.91 Å². The molecule has 1 aliphatic carbocycles. The van der Waals surface area contributed by atoms with Crippen molar-refractivity contribution in [2.24, 2.45) is 0 Å². The molecule has 0 aromatic rings. The van der Waals surface area contributed by atoms with Crippen LogP contribution in [0.5, 0.6) is 0 Å². The fourth-order valence-corrected chi connectivity index (χ4v) is 1.83. The third kappa shape index (κ3) is 0.814. The molecule has 0 aromatic carbocycles. The molecule has 10 heavy (non-hydrogen) atoms. The number of nitrogens with one attached hydrogen (secondary N) is 1. The Kier molecular flexibility index (Phi) is 1.20. The van der Waals surface area contributed by atoms with Gasteiger partial charge in [-0.05, 0) is 12.8 Å². The third-order valence-corrected chi connectivity index (χ3v) is 2.38. The van der Waals surface area contributed by atoms with E-state index >= 15 is 0 Å². The minimum absolute atomic E-state index is 0.0434. The lowest BCUT2D eigenvalue weighted by Crippen LogP contribution is -2.24. The minimum Gasteiger partial charge on any atom is -0.273 e. The monoisotopic (exact) mass is 141 g/mol. The second-order valence-electron chi connectivity index (χ2n) is 3.19. The molecule has 1 aliphatic heterocycles. The Hall–Kier alpha value is -0.570. The van der Waals surface area contributed by atoms with Crippen LogP contribution in [-0.2, 0) is 9.63 Å². The standard InChI is InChI=1S/C7H11NO2/c9-6-5-7(10-8-6)3-1-2-4-7/h1-5H2,(H,8,9). The van der Waals surface area contributed by atoms with E-state index < -0.39 is 0 Å². The van der Waals surface area contributed by atoms with Crippen molar-refractivity contribution in [2.45, 2.75) is 37.7 Å². The van der Waals surface area contributed by atoms with Gasteiger partial charge in [-0.2, -0.15) is 0 Å². The topological polar surface area (TPSA) is 38.3 Å². The Labute approximate surface area is 59.7 Å². The molecule has 1 saturated heterocycles. The third-order valence-electron chi connectivity index (χ3n) is 2.38. The van der Waals surface area contributed by atoms with Gasteiger partial charge in [0.05, 0.1) is 6.42 Å². The second-order valence-corrected chi connectivity index (χ2v) is 3.19. The van der Waals surface area contributed by atoms with Gasteiger partial charge in [0, 0.05) is 0 Å². The average Bonchev–Trinajstić information content (AvgIpc) is 2.46. The first-order chi connectivity index (χ1) is 4.81. The van der Waals surface area contributed by atoms with Gasteiger partial charge in [-0.15, -0.1) is 0 Å². The molecule has 0 radical (unpaired) electrons. The molecule has 3 nitrogen and oxygen atoms in total. The highest BCUT2D eigenvalue weighted by atomic mass is 16.7.